The number of carbonyl (C=O) groups excluding carboxylic acids is 1. The summed E-state index contributed by atoms with van der Waals surface area (Å²) in [4.78, 5) is 13.5. The molecule has 2 rings (SSSR count). The third kappa shape index (κ3) is 2.40. The first kappa shape index (κ1) is 11.9. The zero-order valence-electron chi connectivity index (χ0n) is 10.5. The van der Waals surface area contributed by atoms with Gasteiger partial charge in [0.2, 0.25) is 12.3 Å². The van der Waals surface area contributed by atoms with E-state index in [9.17, 15) is 4.79 Å². The van der Waals surface area contributed by atoms with Crippen molar-refractivity contribution in [2.45, 2.75) is 45.3 Å². The van der Waals surface area contributed by atoms with Gasteiger partial charge < -0.3 is 14.1 Å². The molecule has 0 bridgehead atoms. The largest absolute Gasteiger partial charge is 0.444 e. The molecule has 94 valence electrons. The number of likely N-dealkylation sites (tertiary alicyclic amines) is 1. The van der Waals surface area contributed by atoms with Crippen LogP contribution in [0.2, 0.25) is 0 Å². The third-order valence-electron chi connectivity index (χ3n) is 2.79. The second-order valence-corrected chi connectivity index (χ2v) is 5.26. The molecule has 1 saturated heterocycles. The summed E-state index contributed by atoms with van der Waals surface area (Å²) in [6.45, 7) is 8.07. The van der Waals surface area contributed by atoms with Crippen molar-refractivity contribution in [1.29, 1.82) is 0 Å². The van der Waals surface area contributed by atoms with Gasteiger partial charge in [0.25, 0.3) is 0 Å². The van der Waals surface area contributed by atoms with Gasteiger partial charge in [0.1, 0.15) is 5.60 Å². The number of amides is 1. The molecule has 6 heteroatoms. The maximum Gasteiger partial charge on any atom is 0.410 e. The molecule has 2 heterocycles. The maximum absolute atomic E-state index is 11.8. The summed E-state index contributed by atoms with van der Waals surface area (Å²) in [5.74, 6) is 0.697. The monoisotopic (exact) mass is 239 g/mol. The average molecular weight is 239 g/mol. The summed E-state index contributed by atoms with van der Waals surface area (Å²) < 4.78 is 10.4. The highest BCUT2D eigenvalue weighted by atomic mass is 16.6. The van der Waals surface area contributed by atoms with Crippen LogP contribution in [-0.4, -0.2) is 39.4 Å². The molecule has 1 aromatic heterocycles. The van der Waals surface area contributed by atoms with Crippen LogP contribution >= 0.6 is 0 Å². The first-order valence-electron chi connectivity index (χ1n) is 5.64. The summed E-state index contributed by atoms with van der Waals surface area (Å²) in [5.41, 5.74) is -0.466. The van der Waals surface area contributed by atoms with E-state index in [1.54, 1.807) is 4.90 Å². The van der Waals surface area contributed by atoms with E-state index < -0.39 is 5.60 Å². The minimum absolute atomic E-state index is 0.0327. The molecule has 1 amide bonds. The smallest absolute Gasteiger partial charge is 0.410 e. The van der Waals surface area contributed by atoms with Gasteiger partial charge in [-0.25, -0.2) is 4.79 Å². The molecule has 0 N–H and O–H groups in total. The SMILES string of the molecule is C[C@@H]1[C@@H](c2nnco2)CN1C(=O)OC(C)(C)C. The molecule has 1 aromatic rings. The molecule has 0 unspecified atom stereocenters. The van der Waals surface area contributed by atoms with Crippen molar-refractivity contribution >= 4 is 6.09 Å². The van der Waals surface area contributed by atoms with Crippen molar-refractivity contribution in [2.75, 3.05) is 6.54 Å². The van der Waals surface area contributed by atoms with Crippen molar-refractivity contribution in [1.82, 2.24) is 15.1 Å². The Morgan fingerprint density at radius 2 is 2.29 bits per heavy atom. The average Bonchev–Trinajstić information content (AvgIpc) is 2.65. The summed E-state index contributed by atoms with van der Waals surface area (Å²) in [5, 5.41) is 7.50. The predicted octanol–water partition coefficient (Wildman–Crippen LogP) is 1.79. The van der Waals surface area contributed by atoms with Crippen molar-refractivity contribution < 1.29 is 13.9 Å². The summed E-state index contributed by atoms with van der Waals surface area (Å²) in [6, 6.07) is 0.0327. The van der Waals surface area contributed by atoms with E-state index in [0.29, 0.717) is 12.4 Å². The van der Waals surface area contributed by atoms with Crippen LogP contribution in [0.1, 0.15) is 39.5 Å². The van der Waals surface area contributed by atoms with Crippen LogP contribution in [0.5, 0.6) is 0 Å². The van der Waals surface area contributed by atoms with Gasteiger partial charge in [0.15, 0.2) is 0 Å². The minimum Gasteiger partial charge on any atom is -0.444 e. The highest BCUT2D eigenvalue weighted by molar-refractivity contribution is 5.70. The fourth-order valence-electron chi connectivity index (χ4n) is 1.80. The van der Waals surface area contributed by atoms with Crippen LogP contribution in [0.4, 0.5) is 4.79 Å². The lowest BCUT2D eigenvalue weighted by Crippen LogP contribution is -2.56. The Labute approximate surface area is 99.9 Å². The van der Waals surface area contributed by atoms with Crippen LogP contribution in [0.25, 0.3) is 0 Å². The number of aromatic nitrogens is 2. The van der Waals surface area contributed by atoms with Gasteiger partial charge in [0.05, 0.1) is 5.92 Å². The van der Waals surface area contributed by atoms with Crippen LogP contribution in [0.3, 0.4) is 0 Å². The van der Waals surface area contributed by atoms with Crippen LogP contribution in [0.15, 0.2) is 10.8 Å². The van der Waals surface area contributed by atoms with E-state index in [2.05, 4.69) is 10.2 Å². The lowest BCUT2D eigenvalue weighted by atomic mass is 9.90. The number of rotatable bonds is 1. The second-order valence-electron chi connectivity index (χ2n) is 5.26. The molecule has 1 aliphatic heterocycles. The Balaban J connectivity index is 1.93. The van der Waals surface area contributed by atoms with Crippen LogP contribution < -0.4 is 0 Å². The second kappa shape index (κ2) is 4.01. The van der Waals surface area contributed by atoms with E-state index in [0.717, 1.165) is 0 Å². The first-order chi connectivity index (χ1) is 7.88. The standard InChI is InChI=1S/C11H17N3O3/c1-7-8(9-13-12-6-16-9)5-14(7)10(15)17-11(2,3)4/h6-8H,5H2,1-4H3/t7-,8+/m1/s1. The summed E-state index contributed by atoms with van der Waals surface area (Å²) in [7, 11) is 0. The molecule has 0 spiro atoms. The van der Waals surface area contributed by atoms with Gasteiger partial charge in [-0.2, -0.15) is 0 Å². The van der Waals surface area contributed by atoms with Gasteiger partial charge in [0, 0.05) is 12.6 Å². The Morgan fingerprint density at radius 1 is 1.59 bits per heavy atom. The van der Waals surface area contributed by atoms with E-state index in [1.807, 2.05) is 27.7 Å². The summed E-state index contributed by atoms with van der Waals surface area (Å²) >= 11 is 0. The normalized spacial score (nSPS) is 24.4. The number of hydrogen-bond acceptors (Lipinski definition) is 5. The number of carbonyl (C=O) groups is 1. The fraction of sp³-hybridized carbons (Fsp3) is 0.727. The zero-order chi connectivity index (χ0) is 12.6. The van der Waals surface area contributed by atoms with Crippen LogP contribution in [0, 0.1) is 0 Å². The lowest BCUT2D eigenvalue weighted by Gasteiger charge is -2.44. The highest BCUT2D eigenvalue weighted by Gasteiger charge is 2.44. The Hall–Kier alpha value is -1.59. The molecule has 2 atom stereocenters. The molecule has 0 aromatic carbocycles. The fourth-order valence-corrected chi connectivity index (χ4v) is 1.80. The molecule has 0 radical (unpaired) electrons. The van der Waals surface area contributed by atoms with Gasteiger partial charge in [-0.05, 0) is 27.7 Å². The molecule has 6 nitrogen and oxygen atoms in total. The van der Waals surface area contributed by atoms with Gasteiger partial charge in [-0.1, -0.05) is 0 Å². The molecule has 0 aliphatic carbocycles. The van der Waals surface area contributed by atoms with E-state index >= 15 is 0 Å². The molecule has 1 fully saturated rings. The number of ether oxygens (including phenoxy) is 1. The van der Waals surface area contributed by atoms with E-state index in [4.69, 9.17) is 9.15 Å². The Kier molecular flexibility index (Phi) is 2.81. The number of hydrogen-bond donors (Lipinski definition) is 0. The zero-order valence-corrected chi connectivity index (χ0v) is 10.5. The van der Waals surface area contributed by atoms with E-state index in [-0.39, 0.29) is 18.1 Å². The van der Waals surface area contributed by atoms with Gasteiger partial charge in [-0.3, -0.25) is 0 Å². The Morgan fingerprint density at radius 3 is 2.76 bits per heavy atom. The minimum atomic E-state index is -0.466. The molecular formula is C11H17N3O3. The topological polar surface area (TPSA) is 68.5 Å². The van der Waals surface area contributed by atoms with E-state index in [1.165, 1.54) is 6.39 Å². The molecular weight excluding hydrogens is 222 g/mol. The van der Waals surface area contributed by atoms with Gasteiger partial charge >= 0.3 is 6.09 Å². The quantitative estimate of drug-likeness (QED) is 0.747. The van der Waals surface area contributed by atoms with Crippen LogP contribution in [-0.2, 0) is 4.74 Å². The van der Waals surface area contributed by atoms with Crippen molar-refractivity contribution in [3.8, 4) is 0 Å². The first-order valence-corrected chi connectivity index (χ1v) is 5.64. The van der Waals surface area contributed by atoms with Gasteiger partial charge in [-0.15, -0.1) is 10.2 Å². The van der Waals surface area contributed by atoms with Crippen molar-refractivity contribution in [3.63, 3.8) is 0 Å². The van der Waals surface area contributed by atoms with Crippen molar-refractivity contribution in [2.24, 2.45) is 0 Å². The third-order valence-corrected chi connectivity index (χ3v) is 2.79. The lowest BCUT2D eigenvalue weighted by molar-refractivity contribution is -0.0132. The molecule has 17 heavy (non-hydrogen) atoms. The summed E-state index contributed by atoms with van der Waals surface area (Å²) in [6.07, 6.45) is 1.01. The molecule has 1 aliphatic rings. The predicted molar refractivity (Wildman–Crippen MR) is 59.4 cm³/mol. The van der Waals surface area contributed by atoms with Crippen molar-refractivity contribution in [3.05, 3.63) is 12.3 Å². The highest BCUT2D eigenvalue weighted by Crippen LogP contribution is 2.33. The maximum atomic E-state index is 11.8. The molecule has 0 saturated carbocycles. The Bertz CT molecular complexity index is 397. The number of nitrogens with zero attached hydrogens (tertiary/aromatic N) is 3.